The average Bonchev–Trinajstić information content (AvgIpc) is 3.12. The van der Waals surface area contributed by atoms with Crippen molar-refractivity contribution in [3.05, 3.63) is 34.9 Å². The predicted molar refractivity (Wildman–Crippen MR) is 96.3 cm³/mol. The fourth-order valence-corrected chi connectivity index (χ4v) is 4.35. The summed E-state index contributed by atoms with van der Waals surface area (Å²) in [4.78, 5) is 38.1. The quantitative estimate of drug-likeness (QED) is 0.523. The third-order valence-corrected chi connectivity index (χ3v) is 5.76. The standard InChI is InChI=1S/C19H24N4O4/c20-12-6-13(15(24)7-12)21-8-10-2-1-3-11-9-23(19(27)17(10)11)14-4-5-16(25)22-18(14)26/h1-3,12-15,21,24H,4-9,20H2,(H,22,25,26)/t12-,13-,14?,15-/m0/s1. The summed E-state index contributed by atoms with van der Waals surface area (Å²) in [7, 11) is 0. The molecule has 4 atom stereocenters. The number of nitrogens with two attached hydrogens (primary N) is 1. The highest BCUT2D eigenvalue weighted by Gasteiger charge is 2.40. The summed E-state index contributed by atoms with van der Waals surface area (Å²) < 4.78 is 0. The molecule has 3 aliphatic rings. The molecule has 8 heteroatoms. The Morgan fingerprint density at radius 2 is 2.07 bits per heavy atom. The van der Waals surface area contributed by atoms with E-state index >= 15 is 0 Å². The van der Waals surface area contributed by atoms with Crippen LogP contribution in [0.5, 0.6) is 0 Å². The van der Waals surface area contributed by atoms with E-state index in [9.17, 15) is 19.5 Å². The minimum Gasteiger partial charge on any atom is -0.391 e. The van der Waals surface area contributed by atoms with Gasteiger partial charge < -0.3 is 21.1 Å². The molecule has 0 radical (unpaired) electrons. The number of nitrogens with zero attached hydrogens (tertiary/aromatic N) is 1. The van der Waals surface area contributed by atoms with Crippen LogP contribution in [0.2, 0.25) is 0 Å². The van der Waals surface area contributed by atoms with E-state index in [0.29, 0.717) is 37.9 Å². The number of carbonyl (C=O) groups excluding carboxylic acids is 3. The van der Waals surface area contributed by atoms with Gasteiger partial charge in [0.1, 0.15) is 6.04 Å². The SMILES string of the molecule is N[C@H]1C[C@H](NCc2cccc3c2C(=O)N(C2CCC(=O)NC2=O)C3)[C@@H](O)C1. The maximum Gasteiger partial charge on any atom is 0.255 e. The number of fused-ring (bicyclic) bond motifs is 1. The Hall–Kier alpha value is -2.29. The molecular formula is C19H24N4O4. The minimum absolute atomic E-state index is 0.0105. The van der Waals surface area contributed by atoms with Crippen LogP contribution in [0.4, 0.5) is 0 Å². The minimum atomic E-state index is -0.613. The maximum absolute atomic E-state index is 13.0. The zero-order valence-corrected chi connectivity index (χ0v) is 15.0. The summed E-state index contributed by atoms with van der Waals surface area (Å²) in [5.41, 5.74) is 8.24. The zero-order valence-electron chi connectivity index (χ0n) is 15.0. The van der Waals surface area contributed by atoms with Gasteiger partial charge in [-0.2, -0.15) is 0 Å². The van der Waals surface area contributed by atoms with Crippen LogP contribution >= 0.6 is 0 Å². The molecule has 2 heterocycles. The van der Waals surface area contributed by atoms with Crippen molar-refractivity contribution in [3.63, 3.8) is 0 Å². The number of rotatable bonds is 4. The van der Waals surface area contributed by atoms with E-state index in [0.717, 1.165) is 11.1 Å². The topological polar surface area (TPSA) is 125 Å². The van der Waals surface area contributed by atoms with E-state index in [1.54, 1.807) is 4.90 Å². The van der Waals surface area contributed by atoms with E-state index < -0.39 is 18.1 Å². The van der Waals surface area contributed by atoms with E-state index in [2.05, 4.69) is 10.6 Å². The molecule has 3 amide bonds. The van der Waals surface area contributed by atoms with Gasteiger partial charge >= 0.3 is 0 Å². The monoisotopic (exact) mass is 372 g/mol. The molecule has 144 valence electrons. The fraction of sp³-hybridized carbons (Fsp3) is 0.526. The lowest BCUT2D eigenvalue weighted by Gasteiger charge is -2.29. The van der Waals surface area contributed by atoms with Gasteiger partial charge in [0.25, 0.3) is 5.91 Å². The van der Waals surface area contributed by atoms with Gasteiger partial charge in [-0.25, -0.2) is 0 Å². The second-order valence-corrected chi connectivity index (χ2v) is 7.64. The van der Waals surface area contributed by atoms with Gasteiger partial charge in [-0.05, 0) is 30.4 Å². The first-order valence-electron chi connectivity index (χ1n) is 9.36. The number of aliphatic hydroxyl groups is 1. The Balaban J connectivity index is 1.50. The molecule has 1 aromatic carbocycles. The molecule has 1 unspecified atom stereocenters. The Bertz CT molecular complexity index is 796. The Kier molecular flexibility index (Phi) is 4.71. The van der Waals surface area contributed by atoms with Crippen molar-refractivity contribution in [2.24, 2.45) is 5.73 Å². The molecule has 8 nitrogen and oxygen atoms in total. The summed E-state index contributed by atoms with van der Waals surface area (Å²) in [5, 5.41) is 15.7. The highest BCUT2D eigenvalue weighted by atomic mass is 16.3. The molecule has 0 aromatic heterocycles. The molecular weight excluding hydrogens is 348 g/mol. The first kappa shape index (κ1) is 18.1. The zero-order chi connectivity index (χ0) is 19.1. The highest BCUT2D eigenvalue weighted by molar-refractivity contribution is 6.05. The van der Waals surface area contributed by atoms with E-state index in [1.165, 1.54) is 0 Å². The molecule has 1 aromatic rings. The Morgan fingerprint density at radius 1 is 1.26 bits per heavy atom. The number of nitrogens with one attached hydrogen (secondary N) is 2. The molecule has 0 bridgehead atoms. The average molecular weight is 372 g/mol. The van der Waals surface area contributed by atoms with Crippen LogP contribution in [0.25, 0.3) is 0 Å². The molecule has 2 aliphatic heterocycles. The summed E-state index contributed by atoms with van der Waals surface area (Å²) in [6.07, 6.45) is 1.39. The van der Waals surface area contributed by atoms with E-state index in [4.69, 9.17) is 5.73 Å². The lowest BCUT2D eigenvalue weighted by molar-refractivity contribution is -0.136. The van der Waals surface area contributed by atoms with Crippen molar-refractivity contribution in [2.75, 3.05) is 0 Å². The number of carbonyl (C=O) groups is 3. The number of benzene rings is 1. The molecule has 1 aliphatic carbocycles. The van der Waals surface area contributed by atoms with Crippen molar-refractivity contribution < 1.29 is 19.5 Å². The fourth-order valence-electron chi connectivity index (χ4n) is 4.35. The summed E-state index contributed by atoms with van der Waals surface area (Å²) >= 11 is 0. The van der Waals surface area contributed by atoms with Gasteiger partial charge in [-0.1, -0.05) is 18.2 Å². The first-order valence-corrected chi connectivity index (χ1v) is 9.36. The van der Waals surface area contributed by atoms with Gasteiger partial charge in [0, 0.05) is 37.2 Å². The largest absolute Gasteiger partial charge is 0.391 e. The molecule has 5 N–H and O–H groups in total. The van der Waals surface area contributed by atoms with Gasteiger partial charge in [0.2, 0.25) is 11.8 Å². The molecule has 4 rings (SSSR count). The number of hydrogen-bond donors (Lipinski definition) is 4. The van der Waals surface area contributed by atoms with Crippen LogP contribution in [-0.4, -0.2) is 52.0 Å². The highest BCUT2D eigenvalue weighted by Crippen LogP contribution is 2.30. The number of hydrogen-bond acceptors (Lipinski definition) is 6. The second-order valence-electron chi connectivity index (χ2n) is 7.64. The van der Waals surface area contributed by atoms with Crippen molar-refractivity contribution in [2.45, 2.75) is 63.0 Å². The number of piperidine rings is 1. The van der Waals surface area contributed by atoms with Crippen LogP contribution in [0.3, 0.4) is 0 Å². The van der Waals surface area contributed by atoms with Gasteiger partial charge in [0.05, 0.1) is 6.10 Å². The summed E-state index contributed by atoms with van der Waals surface area (Å²) in [6, 6.07) is 4.97. The third-order valence-electron chi connectivity index (χ3n) is 5.76. The van der Waals surface area contributed by atoms with Crippen molar-refractivity contribution in [1.29, 1.82) is 0 Å². The second kappa shape index (κ2) is 7.03. The van der Waals surface area contributed by atoms with Gasteiger partial charge in [-0.3, -0.25) is 19.7 Å². The van der Waals surface area contributed by atoms with E-state index in [-0.39, 0.29) is 30.3 Å². The van der Waals surface area contributed by atoms with Crippen LogP contribution in [0.15, 0.2) is 18.2 Å². The molecule has 0 spiro atoms. The first-order chi connectivity index (χ1) is 12.9. The number of aliphatic hydroxyl groups excluding tert-OH is 1. The summed E-state index contributed by atoms with van der Waals surface area (Å²) in [5.74, 6) is -0.880. The number of imide groups is 1. The van der Waals surface area contributed by atoms with Crippen LogP contribution < -0.4 is 16.4 Å². The summed E-state index contributed by atoms with van der Waals surface area (Å²) in [6.45, 7) is 0.817. The van der Waals surface area contributed by atoms with Crippen molar-refractivity contribution >= 4 is 17.7 Å². The van der Waals surface area contributed by atoms with Crippen LogP contribution in [0.1, 0.15) is 47.2 Å². The third kappa shape index (κ3) is 3.36. The van der Waals surface area contributed by atoms with Crippen LogP contribution in [-0.2, 0) is 22.7 Å². The molecule has 1 saturated heterocycles. The maximum atomic E-state index is 13.0. The normalized spacial score (nSPS) is 30.6. The smallest absolute Gasteiger partial charge is 0.255 e. The molecule has 27 heavy (non-hydrogen) atoms. The lowest BCUT2D eigenvalue weighted by Crippen LogP contribution is -2.52. The van der Waals surface area contributed by atoms with Gasteiger partial charge in [-0.15, -0.1) is 0 Å². The van der Waals surface area contributed by atoms with Gasteiger partial charge in [0.15, 0.2) is 0 Å². The molecule has 1 saturated carbocycles. The van der Waals surface area contributed by atoms with Crippen molar-refractivity contribution in [1.82, 2.24) is 15.5 Å². The predicted octanol–water partition coefficient (Wildman–Crippen LogP) is -0.612. The molecule has 2 fully saturated rings. The lowest BCUT2D eigenvalue weighted by atomic mass is 10.0. The van der Waals surface area contributed by atoms with Crippen molar-refractivity contribution in [3.8, 4) is 0 Å². The van der Waals surface area contributed by atoms with E-state index in [1.807, 2.05) is 18.2 Å². The Labute approximate surface area is 157 Å². The van der Waals surface area contributed by atoms with Crippen LogP contribution in [0, 0.1) is 0 Å². The Morgan fingerprint density at radius 3 is 2.78 bits per heavy atom. The number of amides is 3.